The highest BCUT2D eigenvalue weighted by Crippen LogP contribution is 2.22. The van der Waals surface area contributed by atoms with Crippen LogP contribution in [0.15, 0.2) is 30.3 Å². The zero-order valence-corrected chi connectivity index (χ0v) is 11.7. The third-order valence-corrected chi connectivity index (χ3v) is 2.88. The van der Waals surface area contributed by atoms with Crippen molar-refractivity contribution in [1.29, 1.82) is 0 Å². The Morgan fingerprint density at radius 3 is 2.24 bits per heavy atom. The molecule has 1 unspecified atom stereocenters. The van der Waals surface area contributed by atoms with Crippen LogP contribution in [0.3, 0.4) is 0 Å². The Kier molecular flexibility index (Phi) is 4.95. The van der Waals surface area contributed by atoms with E-state index in [2.05, 4.69) is 76.4 Å². The van der Waals surface area contributed by atoms with Crippen molar-refractivity contribution in [3.63, 3.8) is 0 Å². The molecule has 0 radical (unpaired) electrons. The molecule has 0 bridgehead atoms. The molecule has 1 atom stereocenters. The number of hydrogen-bond acceptors (Lipinski definition) is 1. The van der Waals surface area contributed by atoms with Crippen LogP contribution in [0.2, 0.25) is 0 Å². The summed E-state index contributed by atoms with van der Waals surface area (Å²) in [7, 11) is 0. The first kappa shape index (κ1) is 14.0. The van der Waals surface area contributed by atoms with Gasteiger partial charge in [-0.25, -0.2) is 0 Å². The van der Waals surface area contributed by atoms with Gasteiger partial charge in [0, 0.05) is 6.04 Å². The first-order chi connectivity index (χ1) is 7.93. The molecule has 17 heavy (non-hydrogen) atoms. The van der Waals surface area contributed by atoms with E-state index in [9.17, 15) is 0 Å². The second-order valence-corrected chi connectivity index (χ2v) is 5.58. The molecule has 1 heteroatoms. The summed E-state index contributed by atoms with van der Waals surface area (Å²) in [5.41, 5.74) is 2.89. The van der Waals surface area contributed by atoms with E-state index < -0.39 is 0 Å². The lowest BCUT2D eigenvalue weighted by molar-refractivity contribution is 0.590. The fraction of sp³-hybridized carbons (Fsp3) is 0.500. The van der Waals surface area contributed by atoms with Gasteiger partial charge in [0.2, 0.25) is 0 Å². The van der Waals surface area contributed by atoms with Crippen LogP contribution in [0.4, 0.5) is 0 Å². The van der Waals surface area contributed by atoms with E-state index in [1.807, 2.05) is 0 Å². The summed E-state index contributed by atoms with van der Waals surface area (Å²) in [6.45, 7) is 12.0. The van der Waals surface area contributed by atoms with Crippen molar-refractivity contribution in [2.45, 2.75) is 46.1 Å². The molecule has 0 heterocycles. The normalized spacial score (nSPS) is 14.2. The average Bonchev–Trinajstić information content (AvgIpc) is 2.26. The monoisotopic (exact) mass is 231 g/mol. The average molecular weight is 231 g/mol. The summed E-state index contributed by atoms with van der Waals surface area (Å²) in [4.78, 5) is 0. The fourth-order valence-corrected chi connectivity index (χ4v) is 1.74. The van der Waals surface area contributed by atoms with Gasteiger partial charge in [-0.2, -0.15) is 0 Å². The van der Waals surface area contributed by atoms with Crippen LogP contribution in [0, 0.1) is 0 Å². The van der Waals surface area contributed by atoms with Crippen molar-refractivity contribution in [2.75, 3.05) is 6.54 Å². The molecule has 0 amide bonds. The van der Waals surface area contributed by atoms with Crippen LogP contribution in [-0.4, -0.2) is 12.6 Å². The lowest BCUT2D eigenvalue weighted by Gasteiger charge is -2.18. The van der Waals surface area contributed by atoms with Crippen LogP contribution < -0.4 is 5.32 Å². The van der Waals surface area contributed by atoms with Crippen LogP contribution in [0.5, 0.6) is 0 Å². The van der Waals surface area contributed by atoms with Crippen molar-refractivity contribution in [2.24, 2.45) is 0 Å². The van der Waals surface area contributed by atoms with Crippen LogP contribution in [0.1, 0.15) is 45.7 Å². The van der Waals surface area contributed by atoms with Gasteiger partial charge in [0.15, 0.2) is 0 Å². The molecule has 1 aromatic rings. The van der Waals surface area contributed by atoms with Crippen molar-refractivity contribution in [3.8, 4) is 0 Å². The molecule has 1 rings (SSSR count). The van der Waals surface area contributed by atoms with E-state index in [1.54, 1.807) is 0 Å². The number of nitrogens with one attached hydrogen (secondary N) is 1. The molecule has 0 spiro atoms. The van der Waals surface area contributed by atoms with Gasteiger partial charge in [-0.1, -0.05) is 64.1 Å². The maximum Gasteiger partial charge on any atom is 0.0224 e. The third kappa shape index (κ3) is 4.74. The Balaban J connectivity index is 2.69. The van der Waals surface area contributed by atoms with E-state index in [1.165, 1.54) is 11.1 Å². The summed E-state index contributed by atoms with van der Waals surface area (Å²) in [5.74, 6) is 0. The molecule has 0 aliphatic carbocycles. The van der Waals surface area contributed by atoms with E-state index in [4.69, 9.17) is 0 Å². The smallest absolute Gasteiger partial charge is 0.0224 e. The van der Waals surface area contributed by atoms with Gasteiger partial charge >= 0.3 is 0 Å². The summed E-state index contributed by atoms with van der Waals surface area (Å²) in [6, 6.07) is 9.25. The van der Waals surface area contributed by atoms with Gasteiger partial charge in [0.25, 0.3) is 0 Å². The SMILES string of the molecule is CCNC(C)/C=C/c1ccc(C(C)(C)C)cc1. The predicted octanol–water partition coefficient (Wildman–Crippen LogP) is 4.00. The Morgan fingerprint density at radius 2 is 1.76 bits per heavy atom. The molecule has 0 fully saturated rings. The Labute approximate surface area is 106 Å². The highest BCUT2D eigenvalue weighted by Gasteiger charge is 2.12. The molecule has 0 saturated heterocycles. The Morgan fingerprint density at radius 1 is 1.18 bits per heavy atom. The fourth-order valence-electron chi connectivity index (χ4n) is 1.74. The van der Waals surface area contributed by atoms with Crippen LogP contribution >= 0.6 is 0 Å². The largest absolute Gasteiger partial charge is 0.311 e. The van der Waals surface area contributed by atoms with E-state index in [-0.39, 0.29) is 5.41 Å². The molecular weight excluding hydrogens is 206 g/mol. The topological polar surface area (TPSA) is 12.0 Å². The highest BCUT2D eigenvalue weighted by molar-refractivity contribution is 5.50. The first-order valence-corrected chi connectivity index (χ1v) is 6.45. The molecule has 94 valence electrons. The highest BCUT2D eigenvalue weighted by atomic mass is 14.9. The van der Waals surface area contributed by atoms with Gasteiger partial charge in [0.1, 0.15) is 0 Å². The van der Waals surface area contributed by atoms with Gasteiger partial charge in [-0.15, -0.1) is 0 Å². The van der Waals surface area contributed by atoms with Crippen LogP contribution in [0.25, 0.3) is 6.08 Å². The maximum atomic E-state index is 3.36. The number of hydrogen-bond donors (Lipinski definition) is 1. The molecule has 0 aliphatic rings. The standard InChI is InChI=1S/C16H25N/c1-6-17-13(2)7-8-14-9-11-15(12-10-14)16(3,4)5/h7-13,17H,6H2,1-5H3/b8-7+. The second-order valence-electron chi connectivity index (χ2n) is 5.58. The lowest BCUT2D eigenvalue weighted by atomic mass is 9.87. The number of rotatable bonds is 4. The molecule has 1 N–H and O–H groups in total. The molecule has 0 saturated carbocycles. The van der Waals surface area contributed by atoms with Crippen molar-refractivity contribution >= 4 is 6.08 Å². The Hall–Kier alpha value is -1.08. The molecule has 1 aromatic carbocycles. The zero-order chi connectivity index (χ0) is 12.9. The summed E-state index contributed by atoms with van der Waals surface area (Å²) in [5, 5.41) is 3.36. The molecule has 1 nitrogen and oxygen atoms in total. The van der Waals surface area contributed by atoms with Crippen molar-refractivity contribution in [3.05, 3.63) is 41.5 Å². The number of likely N-dealkylation sites (N-methyl/N-ethyl adjacent to an activating group) is 1. The van der Waals surface area contributed by atoms with Gasteiger partial charge in [0.05, 0.1) is 0 Å². The second kappa shape index (κ2) is 6.02. The zero-order valence-electron chi connectivity index (χ0n) is 11.7. The van der Waals surface area contributed by atoms with Crippen molar-refractivity contribution < 1.29 is 0 Å². The quantitative estimate of drug-likeness (QED) is 0.826. The maximum absolute atomic E-state index is 3.36. The summed E-state index contributed by atoms with van der Waals surface area (Å²) >= 11 is 0. The molecule has 0 aliphatic heterocycles. The van der Waals surface area contributed by atoms with E-state index >= 15 is 0 Å². The minimum atomic E-state index is 0.235. The first-order valence-electron chi connectivity index (χ1n) is 6.45. The van der Waals surface area contributed by atoms with Gasteiger partial charge in [-0.05, 0) is 30.0 Å². The van der Waals surface area contributed by atoms with Crippen LogP contribution in [-0.2, 0) is 5.41 Å². The van der Waals surface area contributed by atoms with Crippen molar-refractivity contribution in [1.82, 2.24) is 5.32 Å². The summed E-state index contributed by atoms with van der Waals surface area (Å²) in [6.07, 6.45) is 4.38. The third-order valence-electron chi connectivity index (χ3n) is 2.88. The lowest BCUT2D eigenvalue weighted by Crippen LogP contribution is -2.22. The Bertz CT molecular complexity index is 354. The van der Waals surface area contributed by atoms with E-state index in [0.717, 1.165) is 6.54 Å². The predicted molar refractivity (Wildman–Crippen MR) is 77.3 cm³/mol. The van der Waals surface area contributed by atoms with Gasteiger partial charge < -0.3 is 5.32 Å². The number of benzene rings is 1. The molecule has 0 aromatic heterocycles. The molecular formula is C16H25N. The minimum absolute atomic E-state index is 0.235. The minimum Gasteiger partial charge on any atom is -0.311 e. The summed E-state index contributed by atoms with van der Waals surface area (Å²) < 4.78 is 0. The van der Waals surface area contributed by atoms with E-state index in [0.29, 0.717) is 6.04 Å². The van der Waals surface area contributed by atoms with Gasteiger partial charge in [-0.3, -0.25) is 0 Å².